The number of ether oxygens (including phenoxy) is 2. The highest BCUT2D eigenvalue weighted by Crippen LogP contribution is 2.19. The summed E-state index contributed by atoms with van der Waals surface area (Å²) in [5, 5.41) is 0. The molecule has 0 fully saturated rings. The Labute approximate surface area is 149 Å². The molecule has 126 valence electrons. The zero-order valence-electron chi connectivity index (χ0n) is 14.2. The van der Waals surface area contributed by atoms with E-state index in [0.29, 0.717) is 12.4 Å². The van der Waals surface area contributed by atoms with E-state index in [2.05, 4.69) is 13.2 Å². The second kappa shape index (κ2) is 10.5. The van der Waals surface area contributed by atoms with Crippen LogP contribution < -0.4 is 4.74 Å². The maximum atomic E-state index is 5.58. The molecule has 25 heavy (non-hydrogen) atoms. The first kappa shape index (κ1) is 18.1. The van der Waals surface area contributed by atoms with Crippen molar-refractivity contribution in [2.45, 2.75) is 0 Å². The third-order valence-corrected chi connectivity index (χ3v) is 3.19. The van der Waals surface area contributed by atoms with Gasteiger partial charge >= 0.3 is 0 Å². The van der Waals surface area contributed by atoms with Gasteiger partial charge in [-0.2, -0.15) is 0 Å². The normalized spacial score (nSPS) is 9.28. The summed E-state index contributed by atoms with van der Waals surface area (Å²) in [6, 6.07) is 29.3. The van der Waals surface area contributed by atoms with Crippen LogP contribution in [0.4, 0.5) is 0 Å². The fourth-order valence-electron chi connectivity index (χ4n) is 1.98. The third-order valence-electron chi connectivity index (χ3n) is 3.19. The van der Waals surface area contributed by atoms with Crippen LogP contribution in [0.5, 0.6) is 11.5 Å². The second-order valence-electron chi connectivity index (χ2n) is 5.12. The summed E-state index contributed by atoms with van der Waals surface area (Å²) < 4.78 is 10.8. The molecule has 0 atom stereocenters. The molecule has 0 radical (unpaired) electrons. The number of hydrogen-bond acceptors (Lipinski definition) is 2. The molecule has 0 saturated carbocycles. The molecule has 0 unspecified atom stereocenters. The van der Waals surface area contributed by atoms with Crippen molar-refractivity contribution < 1.29 is 9.47 Å². The van der Waals surface area contributed by atoms with Crippen LogP contribution in [0.2, 0.25) is 0 Å². The van der Waals surface area contributed by atoms with E-state index in [0.717, 1.165) is 17.1 Å². The molecule has 0 aliphatic carbocycles. The fourth-order valence-corrected chi connectivity index (χ4v) is 1.98. The molecule has 0 N–H and O–H groups in total. The lowest BCUT2D eigenvalue weighted by molar-refractivity contribution is 0.321. The van der Waals surface area contributed by atoms with Gasteiger partial charge in [0.05, 0.1) is 0 Å². The summed E-state index contributed by atoms with van der Waals surface area (Å²) in [4.78, 5) is 0. The topological polar surface area (TPSA) is 18.5 Å². The number of benzene rings is 3. The maximum absolute atomic E-state index is 5.58. The van der Waals surface area contributed by atoms with Gasteiger partial charge in [0, 0.05) is 5.56 Å². The van der Waals surface area contributed by atoms with Gasteiger partial charge in [0.2, 0.25) is 0 Å². The average Bonchev–Trinajstić information content (AvgIpc) is 2.69. The highest BCUT2D eigenvalue weighted by molar-refractivity contribution is 5.56. The zero-order chi connectivity index (χ0) is 17.7. The first-order chi connectivity index (χ1) is 12.3. The summed E-state index contributed by atoms with van der Waals surface area (Å²) in [7, 11) is 0. The Morgan fingerprint density at radius 3 is 1.60 bits per heavy atom. The Morgan fingerprint density at radius 2 is 1.16 bits per heavy atom. The van der Waals surface area contributed by atoms with Crippen molar-refractivity contribution in [3.63, 3.8) is 0 Å². The summed E-state index contributed by atoms with van der Waals surface area (Å²) in [5.41, 5.74) is 1.01. The molecule has 0 amide bonds. The molecule has 2 nitrogen and oxygen atoms in total. The minimum atomic E-state index is 0.508. The Hall–Kier alpha value is -3.26. The van der Waals surface area contributed by atoms with Gasteiger partial charge in [-0.15, -0.1) is 0 Å². The first-order valence-corrected chi connectivity index (χ1v) is 8.05. The molecule has 3 aromatic rings. The predicted molar refractivity (Wildman–Crippen MR) is 105 cm³/mol. The third kappa shape index (κ3) is 6.80. The van der Waals surface area contributed by atoms with Crippen molar-refractivity contribution in [3.8, 4) is 11.5 Å². The minimum absolute atomic E-state index is 0.508. The highest BCUT2D eigenvalue weighted by atomic mass is 16.5. The molecule has 3 rings (SSSR count). The average molecular weight is 330 g/mol. The van der Waals surface area contributed by atoms with Crippen LogP contribution >= 0.6 is 0 Å². The molecular formula is C23H22O2. The molecule has 0 heterocycles. The van der Waals surface area contributed by atoms with Crippen molar-refractivity contribution >= 4 is 5.76 Å². The quantitative estimate of drug-likeness (QED) is 0.388. The second-order valence-corrected chi connectivity index (χ2v) is 5.12. The molecule has 0 aromatic heterocycles. The van der Waals surface area contributed by atoms with Crippen molar-refractivity contribution in [1.82, 2.24) is 0 Å². The summed E-state index contributed by atoms with van der Waals surface area (Å²) in [6.07, 6.45) is 1.70. The van der Waals surface area contributed by atoms with Gasteiger partial charge in [-0.05, 0) is 24.3 Å². The molecule has 2 heteroatoms. The van der Waals surface area contributed by atoms with Crippen LogP contribution in [0.25, 0.3) is 5.76 Å². The van der Waals surface area contributed by atoms with Gasteiger partial charge in [-0.1, -0.05) is 86.0 Å². The van der Waals surface area contributed by atoms with Crippen LogP contribution in [0.1, 0.15) is 5.56 Å². The largest absolute Gasteiger partial charge is 0.490 e. The van der Waals surface area contributed by atoms with Gasteiger partial charge in [0.15, 0.2) is 0 Å². The molecule has 3 aromatic carbocycles. The Balaban J connectivity index is 0.000000181. The van der Waals surface area contributed by atoms with Crippen LogP contribution in [-0.4, -0.2) is 6.61 Å². The van der Waals surface area contributed by atoms with E-state index in [-0.39, 0.29) is 0 Å². The van der Waals surface area contributed by atoms with E-state index >= 15 is 0 Å². The zero-order valence-corrected chi connectivity index (χ0v) is 14.2. The van der Waals surface area contributed by atoms with Gasteiger partial charge in [-0.25, -0.2) is 0 Å². The van der Waals surface area contributed by atoms with Crippen LogP contribution in [-0.2, 0) is 4.74 Å². The van der Waals surface area contributed by atoms with E-state index < -0.39 is 0 Å². The minimum Gasteiger partial charge on any atom is -0.490 e. The molecule has 0 aliphatic heterocycles. The smallest absolute Gasteiger partial charge is 0.127 e. The summed E-state index contributed by atoms with van der Waals surface area (Å²) >= 11 is 0. The molecule has 0 bridgehead atoms. The SMILES string of the molecule is C=CCOC(=C)c1ccccc1.c1ccc(Oc2ccccc2)cc1. The lowest BCUT2D eigenvalue weighted by Crippen LogP contribution is -1.89. The molecular weight excluding hydrogens is 308 g/mol. The van der Waals surface area contributed by atoms with Crippen molar-refractivity contribution in [1.29, 1.82) is 0 Å². The molecule has 0 spiro atoms. The van der Waals surface area contributed by atoms with E-state index in [1.54, 1.807) is 6.08 Å². The van der Waals surface area contributed by atoms with E-state index in [4.69, 9.17) is 9.47 Å². The van der Waals surface area contributed by atoms with E-state index in [1.165, 1.54) is 0 Å². The lowest BCUT2D eigenvalue weighted by atomic mass is 10.2. The van der Waals surface area contributed by atoms with Crippen LogP contribution in [0.15, 0.2) is 110 Å². The van der Waals surface area contributed by atoms with Gasteiger partial charge < -0.3 is 9.47 Å². The van der Waals surface area contributed by atoms with E-state index in [1.807, 2.05) is 91.0 Å². The van der Waals surface area contributed by atoms with E-state index in [9.17, 15) is 0 Å². The first-order valence-electron chi connectivity index (χ1n) is 8.05. The van der Waals surface area contributed by atoms with Crippen LogP contribution in [0, 0.1) is 0 Å². The Bertz CT molecular complexity index is 712. The van der Waals surface area contributed by atoms with Crippen molar-refractivity contribution in [2.24, 2.45) is 0 Å². The molecule has 0 aliphatic rings. The van der Waals surface area contributed by atoms with Gasteiger partial charge in [0.25, 0.3) is 0 Å². The molecule has 0 saturated heterocycles. The number of hydrogen-bond donors (Lipinski definition) is 0. The Morgan fingerprint density at radius 1 is 0.720 bits per heavy atom. The van der Waals surface area contributed by atoms with Crippen molar-refractivity contribution in [2.75, 3.05) is 6.61 Å². The number of rotatable bonds is 6. The standard InChI is InChI=1S/C12H10O.C11H12O/c1-3-7-11(8-4-1)13-12-9-5-2-6-10-12;1-3-9-12-10(2)11-7-5-4-6-8-11/h1-10H;3-8H,1-2,9H2. The Kier molecular flexibility index (Phi) is 7.60. The fraction of sp³-hybridized carbons (Fsp3) is 0.0435. The number of para-hydroxylation sites is 2. The maximum Gasteiger partial charge on any atom is 0.127 e. The lowest BCUT2D eigenvalue weighted by Gasteiger charge is -2.05. The monoisotopic (exact) mass is 330 g/mol. The predicted octanol–water partition coefficient (Wildman–Crippen LogP) is 6.34. The van der Waals surface area contributed by atoms with Gasteiger partial charge in [0.1, 0.15) is 23.9 Å². The summed E-state index contributed by atoms with van der Waals surface area (Å²) in [6.45, 7) is 7.86. The van der Waals surface area contributed by atoms with Crippen LogP contribution in [0.3, 0.4) is 0 Å². The van der Waals surface area contributed by atoms with Gasteiger partial charge in [-0.3, -0.25) is 0 Å². The highest BCUT2D eigenvalue weighted by Gasteiger charge is 1.95. The summed E-state index contributed by atoms with van der Waals surface area (Å²) in [5.74, 6) is 2.43. The van der Waals surface area contributed by atoms with Crippen molar-refractivity contribution in [3.05, 3.63) is 116 Å².